The van der Waals surface area contributed by atoms with Crippen LogP contribution in [0.25, 0.3) is 0 Å². The van der Waals surface area contributed by atoms with Gasteiger partial charge in [-0.3, -0.25) is 0 Å². The predicted molar refractivity (Wildman–Crippen MR) is 79.1 cm³/mol. The van der Waals surface area contributed by atoms with Gasteiger partial charge in [-0.15, -0.1) is 0 Å². The third-order valence-corrected chi connectivity index (χ3v) is 4.37. The van der Waals surface area contributed by atoms with Crippen molar-refractivity contribution in [2.24, 2.45) is 0 Å². The Bertz CT molecular complexity index is 595. The van der Waals surface area contributed by atoms with Crippen molar-refractivity contribution in [1.29, 1.82) is 0 Å². The number of aromatic carboxylic acids is 1. The van der Waals surface area contributed by atoms with Gasteiger partial charge in [0.05, 0.1) is 23.2 Å². The van der Waals surface area contributed by atoms with Crippen molar-refractivity contribution in [2.45, 2.75) is 38.2 Å². The Kier molecular flexibility index (Phi) is 6.32. The number of nitrogens with one attached hydrogen (secondary N) is 1. The van der Waals surface area contributed by atoms with E-state index in [2.05, 4.69) is 4.72 Å². The van der Waals surface area contributed by atoms with Crippen molar-refractivity contribution in [1.82, 2.24) is 4.72 Å². The molecule has 0 saturated carbocycles. The first-order valence-electron chi connectivity index (χ1n) is 6.75. The number of aryl methyl sites for hydroxylation is 1. The van der Waals surface area contributed by atoms with Crippen LogP contribution in [0.2, 0.25) is 0 Å². The molecular formula is C14H21NO5S. The van der Waals surface area contributed by atoms with Gasteiger partial charge < -0.3 is 9.84 Å². The Morgan fingerprint density at radius 2 is 2.05 bits per heavy atom. The summed E-state index contributed by atoms with van der Waals surface area (Å²) < 4.78 is 32.2. The molecule has 0 aliphatic heterocycles. The molecule has 0 radical (unpaired) electrons. The molecular weight excluding hydrogens is 294 g/mol. The molecule has 1 aromatic carbocycles. The summed E-state index contributed by atoms with van der Waals surface area (Å²) in [6.07, 6.45) is 0.523. The van der Waals surface area contributed by atoms with Gasteiger partial charge in [-0.25, -0.2) is 17.9 Å². The van der Waals surface area contributed by atoms with Crippen LogP contribution in [0, 0.1) is 0 Å². The van der Waals surface area contributed by atoms with E-state index in [0.29, 0.717) is 12.0 Å². The summed E-state index contributed by atoms with van der Waals surface area (Å²) in [5, 5.41) is 8.98. The zero-order chi connectivity index (χ0) is 16.0. The maximum absolute atomic E-state index is 12.3. The fourth-order valence-corrected chi connectivity index (χ4v) is 3.13. The van der Waals surface area contributed by atoms with Crippen LogP contribution >= 0.6 is 0 Å². The van der Waals surface area contributed by atoms with Gasteiger partial charge in [0.25, 0.3) is 0 Å². The number of sulfonamides is 1. The first-order chi connectivity index (χ1) is 9.77. The summed E-state index contributed by atoms with van der Waals surface area (Å²) in [4.78, 5) is 11.0. The third kappa shape index (κ3) is 5.11. The summed E-state index contributed by atoms with van der Waals surface area (Å²) in [5.41, 5.74) is 0.531. The summed E-state index contributed by atoms with van der Waals surface area (Å²) in [6, 6.07) is 4.12. The number of hydrogen-bond acceptors (Lipinski definition) is 4. The van der Waals surface area contributed by atoms with Crippen molar-refractivity contribution < 1.29 is 23.1 Å². The standard InChI is InChI=1S/C14H21NO5S/c1-4-11-5-6-12(14(16)17)9-13(11)21(18,19)15-7-8-20-10(2)3/h5-6,9-10,15H,4,7-8H2,1-3H3,(H,16,17). The van der Waals surface area contributed by atoms with Gasteiger partial charge in [0.2, 0.25) is 10.0 Å². The number of carboxylic acids is 1. The van der Waals surface area contributed by atoms with Crippen molar-refractivity contribution >= 4 is 16.0 Å². The molecule has 118 valence electrons. The summed E-state index contributed by atoms with van der Waals surface area (Å²) in [7, 11) is -3.75. The Balaban J connectivity index is 2.95. The second-order valence-electron chi connectivity index (χ2n) is 4.80. The highest BCUT2D eigenvalue weighted by Gasteiger charge is 2.19. The zero-order valence-corrected chi connectivity index (χ0v) is 13.2. The molecule has 7 heteroatoms. The van der Waals surface area contributed by atoms with Gasteiger partial charge in [-0.05, 0) is 38.0 Å². The van der Waals surface area contributed by atoms with E-state index in [-0.39, 0.29) is 29.7 Å². The maximum atomic E-state index is 12.3. The van der Waals surface area contributed by atoms with Crippen molar-refractivity contribution in [3.8, 4) is 0 Å². The van der Waals surface area contributed by atoms with Crippen LogP contribution in [0.4, 0.5) is 0 Å². The molecule has 0 amide bonds. The monoisotopic (exact) mass is 315 g/mol. The lowest BCUT2D eigenvalue weighted by molar-refractivity contribution is 0.0696. The largest absolute Gasteiger partial charge is 0.478 e. The molecule has 0 saturated heterocycles. The molecule has 6 nitrogen and oxygen atoms in total. The fraction of sp³-hybridized carbons (Fsp3) is 0.500. The zero-order valence-electron chi connectivity index (χ0n) is 12.4. The smallest absolute Gasteiger partial charge is 0.335 e. The van der Waals surface area contributed by atoms with Crippen LogP contribution in [0.3, 0.4) is 0 Å². The Morgan fingerprint density at radius 1 is 1.38 bits per heavy atom. The maximum Gasteiger partial charge on any atom is 0.335 e. The first kappa shape index (κ1) is 17.6. The fourth-order valence-electron chi connectivity index (χ4n) is 1.78. The highest BCUT2D eigenvalue weighted by Crippen LogP contribution is 2.18. The molecule has 0 bridgehead atoms. The van der Waals surface area contributed by atoms with E-state index >= 15 is 0 Å². The number of benzene rings is 1. The van der Waals surface area contributed by atoms with Crippen LogP contribution in [0.15, 0.2) is 23.1 Å². The second kappa shape index (κ2) is 7.53. The van der Waals surface area contributed by atoms with E-state index in [1.54, 1.807) is 0 Å². The molecule has 0 aliphatic carbocycles. The molecule has 0 aromatic heterocycles. The summed E-state index contributed by atoms with van der Waals surface area (Å²) in [6.45, 7) is 5.94. The van der Waals surface area contributed by atoms with Crippen LogP contribution in [-0.4, -0.2) is 38.7 Å². The number of hydrogen-bond donors (Lipinski definition) is 2. The summed E-state index contributed by atoms with van der Waals surface area (Å²) in [5.74, 6) is -1.16. The number of carboxylic acid groups (broad SMARTS) is 1. The van der Waals surface area contributed by atoms with Gasteiger partial charge in [-0.1, -0.05) is 13.0 Å². The number of rotatable bonds is 8. The third-order valence-electron chi connectivity index (χ3n) is 2.83. The molecule has 0 aliphatic rings. The minimum absolute atomic E-state index is 0.00875. The normalized spacial score (nSPS) is 11.8. The first-order valence-corrected chi connectivity index (χ1v) is 8.23. The topological polar surface area (TPSA) is 92.7 Å². The molecule has 0 unspecified atom stereocenters. The minimum Gasteiger partial charge on any atom is -0.478 e. The van der Waals surface area contributed by atoms with E-state index in [1.165, 1.54) is 18.2 Å². The predicted octanol–water partition coefficient (Wildman–Crippen LogP) is 1.65. The number of ether oxygens (including phenoxy) is 1. The molecule has 0 spiro atoms. The van der Waals surface area contributed by atoms with Crippen LogP contribution in [0.5, 0.6) is 0 Å². The molecule has 0 atom stereocenters. The highest BCUT2D eigenvalue weighted by atomic mass is 32.2. The van der Waals surface area contributed by atoms with E-state index in [1.807, 2.05) is 20.8 Å². The average molecular weight is 315 g/mol. The van der Waals surface area contributed by atoms with Gasteiger partial charge >= 0.3 is 5.97 Å². The van der Waals surface area contributed by atoms with E-state index < -0.39 is 16.0 Å². The quantitative estimate of drug-likeness (QED) is 0.712. The average Bonchev–Trinajstić information content (AvgIpc) is 2.42. The van der Waals surface area contributed by atoms with Gasteiger partial charge in [-0.2, -0.15) is 0 Å². The Hall–Kier alpha value is -1.44. The second-order valence-corrected chi connectivity index (χ2v) is 6.53. The SMILES string of the molecule is CCc1ccc(C(=O)O)cc1S(=O)(=O)NCCOC(C)C. The van der Waals surface area contributed by atoms with Gasteiger partial charge in [0.15, 0.2) is 0 Å². The van der Waals surface area contributed by atoms with E-state index in [4.69, 9.17) is 9.84 Å². The lowest BCUT2D eigenvalue weighted by Gasteiger charge is -2.12. The molecule has 1 aromatic rings. The van der Waals surface area contributed by atoms with Crippen molar-refractivity contribution in [2.75, 3.05) is 13.2 Å². The van der Waals surface area contributed by atoms with Gasteiger partial charge in [0, 0.05) is 6.54 Å². The summed E-state index contributed by atoms with van der Waals surface area (Å²) >= 11 is 0. The van der Waals surface area contributed by atoms with E-state index in [0.717, 1.165) is 0 Å². The van der Waals surface area contributed by atoms with Crippen molar-refractivity contribution in [3.05, 3.63) is 29.3 Å². The highest BCUT2D eigenvalue weighted by molar-refractivity contribution is 7.89. The number of carbonyl (C=O) groups is 1. The molecule has 0 fully saturated rings. The van der Waals surface area contributed by atoms with Crippen molar-refractivity contribution in [3.63, 3.8) is 0 Å². The van der Waals surface area contributed by atoms with Gasteiger partial charge in [0.1, 0.15) is 0 Å². The Labute approximate surface area is 125 Å². The van der Waals surface area contributed by atoms with Crippen LogP contribution < -0.4 is 4.72 Å². The van der Waals surface area contributed by atoms with Crippen LogP contribution in [0.1, 0.15) is 36.7 Å². The minimum atomic E-state index is -3.75. The lowest BCUT2D eigenvalue weighted by Crippen LogP contribution is -2.29. The van der Waals surface area contributed by atoms with E-state index in [9.17, 15) is 13.2 Å². The molecule has 1 rings (SSSR count). The Morgan fingerprint density at radius 3 is 2.57 bits per heavy atom. The molecule has 0 heterocycles. The van der Waals surface area contributed by atoms with Crippen LogP contribution in [-0.2, 0) is 21.2 Å². The molecule has 2 N–H and O–H groups in total. The lowest BCUT2D eigenvalue weighted by atomic mass is 10.1. The molecule has 21 heavy (non-hydrogen) atoms.